The first-order valence-corrected chi connectivity index (χ1v) is 11.0. The average Bonchev–Trinajstić information content (AvgIpc) is 2.71. The Hall–Kier alpha value is -2.92. The minimum absolute atomic E-state index is 0.0339. The predicted molar refractivity (Wildman–Crippen MR) is 125 cm³/mol. The summed E-state index contributed by atoms with van der Waals surface area (Å²) in [6.07, 6.45) is 1.86. The summed E-state index contributed by atoms with van der Waals surface area (Å²) in [4.78, 5) is 11.5. The second-order valence-corrected chi connectivity index (χ2v) is 9.62. The van der Waals surface area contributed by atoms with E-state index in [1.54, 1.807) is 0 Å². The Kier molecular flexibility index (Phi) is 4.94. The fourth-order valence-corrected chi connectivity index (χ4v) is 4.45. The van der Waals surface area contributed by atoms with Crippen LogP contribution in [-0.4, -0.2) is 36.3 Å². The van der Waals surface area contributed by atoms with Crippen LogP contribution >= 0.6 is 0 Å². The number of anilines is 2. The molecular weight excluding hydrogens is 384 g/mol. The molecule has 3 aromatic rings. The average molecular weight is 415 g/mol. The minimum atomic E-state index is -0.0339. The zero-order valence-electron chi connectivity index (χ0n) is 18.6. The fraction of sp³-hybridized carbons (Fsp3) is 0.385. The molecule has 31 heavy (non-hydrogen) atoms. The number of rotatable bonds is 6. The quantitative estimate of drug-likeness (QED) is 0.641. The maximum Gasteiger partial charge on any atom is 0.225 e. The zero-order valence-corrected chi connectivity index (χ0v) is 18.6. The van der Waals surface area contributed by atoms with Crippen LogP contribution in [0.2, 0.25) is 0 Å². The number of ether oxygens (including phenoxy) is 1. The van der Waals surface area contributed by atoms with Crippen molar-refractivity contribution < 1.29 is 4.74 Å². The summed E-state index contributed by atoms with van der Waals surface area (Å²) in [5.74, 6) is 0.826. The Balaban J connectivity index is 1.21. The topological polar surface area (TPSA) is 50.3 Å². The van der Waals surface area contributed by atoms with Gasteiger partial charge in [0.25, 0.3) is 0 Å². The van der Waals surface area contributed by atoms with Crippen LogP contribution in [0.1, 0.15) is 36.2 Å². The van der Waals surface area contributed by atoms with E-state index in [9.17, 15) is 0 Å². The van der Waals surface area contributed by atoms with Gasteiger partial charge < -0.3 is 15.0 Å². The number of hydrogen-bond acceptors (Lipinski definition) is 5. The van der Waals surface area contributed by atoms with E-state index in [0.717, 1.165) is 43.6 Å². The third-order valence-corrected chi connectivity index (χ3v) is 6.71. The van der Waals surface area contributed by atoms with Gasteiger partial charge in [-0.3, -0.25) is 0 Å². The van der Waals surface area contributed by atoms with Crippen molar-refractivity contribution in [1.29, 1.82) is 0 Å². The second-order valence-electron chi connectivity index (χ2n) is 9.62. The number of nitrogens with zero attached hydrogens (tertiary/aromatic N) is 3. The van der Waals surface area contributed by atoms with Gasteiger partial charge in [-0.25, -0.2) is 9.97 Å². The Morgan fingerprint density at radius 1 is 0.968 bits per heavy atom. The first kappa shape index (κ1) is 20.0. The number of nitrogens with one attached hydrogen (secondary N) is 1. The van der Waals surface area contributed by atoms with Crippen LogP contribution in [0.15, 0.2) is 60.8 Å². The predicted octanol–water partition coefficient (Wildman–Crippen LogP) is 4.56. The van der Waals surface area contributed by atoms with E-state index in [0.29, 0.717) is 12.0 Å². The highest BCUT2D eigenvalue weighted by Gasteiger charge is 2.49. The monoisotopic (exact) mass is 414 g/mol. The van der Waals surface area contributed by atoms with E-state index < -0.39 is 0 Å². The molecular formula is C26H30N4O. The van der Waals surface area contributed by atoms with Gasteiger partial charge in [0, 0.05) is 30.4 Å². The number of benzene rings is 2. The van der Waals surface area contributed by atoms with E-state index in [4.69, 9.17) is 9.72 Å². The van der Waals surface area contributed by atoms with Gasteiger partial charge in [0.1, 0.15) is 0 Å². The molecule has 0 unspecified atom stereocenters. The number of aryl methyl sites for hydroxylation is 1. The molecule has 5 heteroatoms. The molecule has 0 aliphatic carbocycles. The molecule has 2 aliphatic rings. The molecule has 1 N–H and O–H groups in total. The molecule has 0 saturated carbocycles. The van der Waals surface area contributed by atoms with Crippen LogP contribution in [0.3, 0.4) is 0 Å². The smallest absolute Gasteiger partial charge is 0.225 e. The van der Waals surface area contributed by atoms with E-state index in [1.807, 2.05) is 12.3 Å². The third kappa shape index (κ3) is 3.90. The lowest BCUT2D eigenvalue weighted by molar-refractivity contribution is -0.127. The lowest BCUT2D eigenvalue weighted by Gasteiger charge is -2.54. The van der Waals surface area contributed by atoms with E-state index in [-0.39, 0.29) is 5.41 Å². The third-order valence-electron chi connectivity index (χ3n) is 6.71. The van der Waals surface area contributed by atoms with Crippen LogP contribution in [0.4, 0.5) is 11.6 Å². The Labute approximate surface area is 184 Å². The van der Waals surface area contributed by atoms with Crippen LogP contribution in [0.25, 0.3) is 0 Å². The van der Waals surface area contributed by atoms with Crippen molar-refractivity contribution in [2.45, 2.75) is 32.7 Å². The van der Waals surface area contributed by atoms with Gasteiger partial charge >= 0.3 is 0 Å². The molecule has 160 valence electrons. The second kappa shape index (κ2) is 7.65. The van der Waals surface area contributed by atoms with Crippen molar-refractivity contribution in [1.82, 2.24) is 9.97 Å². The summed E-state index contributed by atoms with van der Waals surface area (Å²) in [5, 5.41) is 3.50. The van der Waals surface area contributed by atoms with Gasteiger partial charge in [-0.1, -0.05) is 55.8 Å². The van der Waals surface area contributed by atoms with Crippen LogP contribution in [0.5, 0.6) is 0 Å². The summed E-state index contributed by atoms with van der Waals surface area (Å²) >= 11 is 0. The van der Waals surface area contributed by atoms with Crippen molar-refractivity contribution in [3.8, 4) is 0 Å². The fourth-order valence-electron chi connectivity index (χ4n) is 4.45. The molecule has 5 rings (SSSR count). The van der Waals surface area contributed by atoms with Gasteiger partial charge in [0.05, 0.1) is 30.9 Å². The lowest BCUT2D eigenvalue weighted by Crippen LogP contribution is -2.66. The molecule has 2 saturated heterocycles. The maximum atomic E-state index is 5.36. The van der Waals surface area contributed by atoms with Crippen molar-refractivity contribution >= 4 is 11.6 Å². The molecule has 0 amide bonds. The van der Waals surface area contributed by atoms with Crippen molar-refractivity contribution in [2.75, 3.05) is 36.5 Å². The summed E-state index contributed by atoms with van der Waals surface area (Å²) in [6.45, 7) is 11.1. The lowest BCUT2D eigenvalue weighted by atomic mass is 9.78. The summed E-state index contributed by atoms with van der Waals surface area (Å²) in [6, 6.07) is 19.5. The maximum absolute atomic E-state index is 5.36. The molecule has 0 radical (unpaired) electrons. The summed E-state index contributed by atoms with van der Waals surface area (Å²) in [5.41, 5.74) is 6.35. The van der Waals surface area contributed by atoms with Crippen molar-refractivity contribution in [3.63, 3.8) is 0 Å². The highest BCUT2D eigenvalue weighted by atomic mass is 16.5. The SMILES string of the molecule is Cc1ccc(C(C)(C)c2ccc(NCc3ccnc(N4CC5(COC5)C4)n3)cc2)cc1. The molecule has 0 atom stereocenters. The van der Waals surface area contributed by atoms with Gasteiger partial charge in [0.15, 0.2) is 0 Å². The molecule has 3 heterocycles. The Morgan fingerprint density at radius 3 is 2.23 bits per heavy atom. The molecule has 1 aromatic heterocycles. The summed E-state index contributed by atoms with van der Waals surface area (Å²) in [7, 11) is 0. The minimum Gasteiger partial charge on any atom is -0.380 e. The molecule has 0 bridgehead atoms. The standard InChI is InChI=1S/C26H30N4O/c1-19-4-6-20(7-5-19)25(2,3)21-8-10-22(11-9-21)28-14-23-12-13-27-24(29-23)30-15-26(16-30)17-31-18-26/h4-13,28H,14-18H2,1-3H3. The van der Waals surface area contributed by atoms with Gasteiger partial charge in [0.2, 0.25) is 5.95 Å². The molecule has 2 aromatic carbocycles. The first-order valence-electron chi connectivity index (χ1n) is 11.0. The van der Waals surface area contributed by atoms with Gasteiger partial charge in [-0.05, 0) is 36.2 Å². The molecule has 1 spiro atoms. The van der Waals surface area contributed by atoms with Crippen molar-refractivity contribution in [3.05, 3.63) is 83.2 Å². The number of aromatic nitrogens is 2. The van der Waals surface area contributed by atoms with E-state index in [2.05, 4.69) is 84.5 Å². The first-order chi connectivity index (χ1) is 14.9. The Morgan fingerprint density at radius 2 is 1.61 bits per heavy atom. The molecule has 2 fully saturated rings. The normalized spacial score (nSPS) is 17.2. The van der Waals surface area contributed by atoms with Crippen molar-refractivity contribution in [2.24, 2.45) is 5.41 Å². The highest BCUT2D eigenvalue weighted by molar-refractivity contribution is 5.49. The van der Waals surface area contributed by atoms with Gasteiger partial charge in [-0.15, -0.1) is 0 Å². The van der Waals surface area contributed by atoms with E-state index in [1.165, 1.54) is 16.7 Å². The zero-order chi connectivity index (χ0) is 21.5. The molecule has 2 aliphatic heterocycles. The van der Waals surface area contributed by atoms with Crippen LogP contribution < -0.4 is 10.2 Å². The number of hydrogen-bond donors (Lipinski definition) is 1. The largest absolute Gasteiger partial charge is 0.380 e. The molecule has 5 nitrogen and oxygen atoms in total. The van der Waals surface area contributed by atoms with Gasteiger partial charge in [-0.2, -0.15) is 0 Å². The Bertz CT molecular complexity index is 1050. The highest BCUT2D eigenvalue weighted by Crippen LogP contribution is 2.39. The van der Waals surface area contributed by atoms with Crippen LogP contribution in [0, 0.1) is 12.3 Å². The van der Waals surface area contributed by atoms with E-state index >= 15 is 0 Å². The van der Waals surface area contributed by atoms with Crippen LogP contribution in [-0.2, 0) is 16.7 Å². The summed E-state index contributed by atoms with van der Waals surface area (Å²) < 4.78 is 5.36.